The van der Waals surface area contributed by atoms with Gasteiger partial charge in [0.25, 0.3) is 0 Å². The molecule has 0 saturated carbocycles. The van der Waals surface area contributed by atoms with Crippen LogP contribution in [-0.4, -0.2) is 47.6 Å². The van der Waals surface area contributed by atoms with Crippen molar-refractivity contribution in [3.63, 3.8) is 0 Å². The van der Waals surface area contributed by atoms with Gasteiger partial charge in [0, 0.05) is 17.6 Å². The molecule has 0 aromatic rings. The minimum absolute atomic E-state index is 0.155. The summed E-state index contributed by atoms with van der Waals surface area (Å²) >= 11 is 0. The molecule has 1 heterocycles. The molecule has 1 saturated heterocycles. The third-order valence-corrected chi connectivity index (χ3v) is 4.84. The highest BCUT2D eigenvalue weighted by Gasteiger charge is 2.44. The Morgan fingerprint density at radius 3 is 2.69 bits per heavy atom. The third-order valence-electron chi connectivity index (χ3n) is 4.84. The molecule has 0 unspecified atom stereocenters. The van der Waals surface area contributed by atoms with E-state index in [4.69, 9.17) is 9.47 Å². The maximum atomic E-state index is 12.3. The van der Waals surface area contributed by atoms with Crippen LogP contribution in [0.15, 0.2) is 47.1 Å². The van der Waals surface area contributed by atoms with Crippen LogP contribution < -0.4 is 0 Å². The standard InChI is InChI=1S/C20H26O6/c1-4-12(2)19(23)25-16-8-14(10-21)6-5-7-15(11-22)9-17-18(16)13(3)20(24)26-17/h4,6,9,16-18,21-22H,3,5,7-8,10-11H2,1-2H3/b12-4-,14-6-,15-9-/t16-,17+,18-/m0/s1. The molecule has 2 N–H and O–H groups in total. The first-order valence-corrected chi connectivity index (χ1v) is 8.74. The van der Waals surface area contributed by atoms with Crippen molar-refractivity contribution in [1.29, 1.82) is 0 Å². The molecule has 6 nitrogen and oxygen atoms in total. The van der Waals surface area contributed by atoms with Crippen LogP contribution in [0.4, 0.5) is 0 Å². The molecule has 0 aromatic carbocycles. The Balaban J connectivity index is 2.43. The van der Waals surface area contributed by atoms with Crippen molar-refractivity contribution < 1.29 is 29.3 Å². The van der Waals surface area contributed by atoms with Gasteiger partial charge in [-0.3, -0.25) is 0 Å². The maximum absolute atomic E-state index is 12.3. The fourth-order valence-corrected chi connectivity index (χ4v) is 3.15. The highest BCUT2D eigenvalue weighted by molar-refractivity contribution is 5.92. The number of aliphatic hydroxyl groups excluding tert-OH is 2. The van der Waals surface area contributed by atoms with Crippen molar-refractivity contribution in [2.75, 3.05) is 13.2 Å². The molecule has 1 aliphatic heterocycles. The summed E-state index contributed by atoms with van der Waals surface area (Å²) in [6, 6.07) is 0. The summed E-state index contributed by atoms with van der Waals surface area (Å²) in [6.07, 6.45) is 5.41. The van der Waals surface area contributed by atoms with Crippen LogP contribution in [0.3, 0.4) is 0 Å². The zero-order valence-corrected chi connectivity index (χ0v) is 15.2. The number of hydrogen-bond acceptors (Lipinski definition) is 6. The molecule has 0 amide bonds. The number of hydrogen-bond donors (Lipinski definition) is 2. The Morgan fingerprint density at radius 2 is 2.08 bits per heavy atom. The van der Waals surface area contributed by atoms with Gasteiger partial charge in [-0.2, -0.15) is 0 Å². The third kappa shape index (κ3) is 4.51. The number of fused-ring (bicyclic) bond motifs is 1. The fourth-order valence-electron chi connectivity index (χ4n) is 3.15. The highest BCUT2D eigenvalue weighted by atomic mass is 16.6. The topological polar surface area (TPSA) is 93.1 Å². The van der Waals surface area contributed by atoms with E-state index in [2.05, 4.69) is 6.58 Å². The first-order chi connectivity index (χ1) is 12.4. The van der Waals surface area contributed by atoms with E-state index in [0.29, 0.717) is 30.4 Å². The Kier molecular flexibility index (Phi) is 6.94. The van der Waals surface area contributed by atoms with Crippen LogP contribution >= 0.6 is 0 Å². The monoisotopic (exact) mass is 362 g/mol. The van der Waals surface area contributed by atoms with Gasteiger partial charge in [0.05, 0.1) is 19.1 Å². The summed E-state index contributed by atoms with van der Waals surface area (Å²) in [5.41, 5.74) is 2.13. The predicted octanol–water partition coefficient (Wildman–Crippen LogP) is 1.98. The van der Waals surface area contributed by atoms with Crippen LogP contribution in [0.5, 0.6) is 0 Å². The first kappa shape index (κ1) is 20.1. The van der Waals surface area contributed by atoms with E-state index < -0.39 is 30.1 Å². The summed E-state index contributed by atoms with van der Waals surface area (Å²) in [7, 11) is 0. The van der Waals surface area contributed by atoms with E-state index in [1.165, 1.54) is 0 Å². The normalized spacial score (nSPS) is 31.2. The maximum Gasteiger partial charge on any atom is 0.334 e. The number of allylic oxidation sites excluding steroid dienone is 2. The summed E-state index contributed by atoms with van der Waals surface area (Å²) in [6.45, 7) is 6.88. The van der Waals surface area contributed by atoms with Crippen molar-refractivity contribution in [3.8, 4) is 0 Å². The average Bonchev–Trinajstić information content (AvgIpc) is 2.91. The van der Waals surface area contributed by atoms with Gasteiger partial charge in [-0.15, -0.1) is 0 Å². The Morgan fingerprint density at radius 1 is 1.38 bits per heavy atom. The van der Waals surface area contributed by atoms with Crippen LogP contribution in [-0.2, 0) is 19.1 Å². The van der Waals surface area contributed by atoms with Crippen molar-refractivity contribution >= 4 is 11.9 Å². The van der Waals surface area contributed by atoms with Gasteiger partial charge in [-0.25, -0.2) is 9.59 Å². The van der Waals surface area contributed by atoms with Crippen LogP contribution in [0.25, 0.3) is 0 Å². The van der Waals surface area contributed by atoms with Crippen LogP contribution in [0.2, 0.25) is 0 Å². The van der Waals surface area contributed by atoms with Crippen molar-refractivity contribution in [2.45, 2.75) is 45.3 Å². The molecular weight excluding hydrogens is 336 g/mol. The number of carbonyl (C=O) groups excluding carboxylic acids is 2. The van der Waals surface area contributed by atoms with E-state index in [1.807, 2.05) is 6.08 Å². The SMILES string of the molecule is C=C1C(=O)O[C@@H]2/C=C(\CO)CC/C=C(\CO)C[C@H](OC(=O)/C(C)=C\C)[C@H]12. The lowest BCUT2D eigenvalue weighted by Crippen LogP contribution is -2.34. The van der Waals surface area contributed by atoms with Gasteiger partial charge < -0.3 is 19.7 Å². The Hall–Kier alpha value is -2.18. The summed E-state index contributed by atoms with van der Waals surface area (Å²) in [5.74, 6) is -1.58. The second kappa shape index (κ2) is 8.96. The van der Waals surface area contributed by atoms with Crippen molar-refractivity contribution in [1.82, 2.24) is 0 Å². The molecule has 0 bridgehead atoms. The fraction of sp³-hybridized carbons (Fsp3) is 0.500. The van der Waals surface area contributed by atoms with E-state index in [-0.39, 0.29) is 18.8 Å². The predicted molar refractivity (Wildman–Crippen MR) is 96.0 cm³/mol. The minimum atomic E-state index is -0.700. The van der Waals surface area contributed by atoms with E-state index in [0.717, 1.165) is 5.57 Å². The van der Waals surface area contributed by atoms with Gasteiger partial charge in [0.2, 0.25) is 0 Å². The summed E-state index contributed by atoms with van der Waals surface area (Å²) in [5, 5.41) is 19.2. The molecule has 0 spiro atoms. The minimum Gasteiger partial charge on any atom is -0.458 e. The van der Waals surface area contributed by atoms with Crippen molar-refractivity contribution in [2.24, 2.45) is 5.92 Å². The van der Waals surface area contributed by atoms with E-state index >= 15 is 0 Å². The Labute approximate surface area is 153 Å². The molecule has 1 aliphatic carbocycles. The Bertz CT molecular complexity index is 668. The van der Waals surface area contributed by atoms with Gasteiger partial charge in [0.15, 0.2) is 0 Å². The second-order valence-corrected chi connectivity index (χ2v) is 6.58. The molecule has 142 valence electrons. The lowest BCUT2D eigenvalue weighted by atomic mass is 9.85. The average molecular weight is 362 g/mol. The zero-order chi connectivity index (χ0) is 19.3. The van der Waals surface area contributed by atoms with E-state index in [1.54, 1.807) is 26.0 Å². The molecule has 2 rings (SSSR count). The van der Waals surface area contributed by atoms with Crippen LogP contribution in [0, 0.1) is 5.92 Å². The second-order valence-electron chi connectivity index (χ2n) is 6.58. The summed E-state index contributed by atoms with van der Waals surface area (Å²) < 4.78 is 11.1. The molecule has 3 atom stereocenters. The molecular formula is C20H26O6. The molecule has 0 radical (unpaired) electrons. The number of esters is 2. The van der Waals surface area contributed by atoms with Gasteiger partial charge >= 0.3 is 11.9 Å². The van der Waals surface area contributed by atoms with Gasteiger partial charge in [-0.1, -0.05) is 18.7 Å². The van der Waals surface area contributed by atoms with Gasteiger partial charge in [0.1, 0.15) is 12.2 Å². The lowest BCUT2D eigenvalue weighted by molar-refractivity contribution is -0.147. The number of ether oxygens (including phenoxy) is 2. The summed E-state index contributed by atoms with van der Waals surface area (Å²) in [4.78, 5) is 24.4. The largest absolute Gasteiger partial charge is 0.458 e. The zero-order valence-electron chi connectivity index (χ0n) is 15.2. The van der Waals surface area contributed by atoms with E-state index in [9.17, 15) is 19.8 Å². The van der Waals surface area contributed by atoms with Crippen molar-refractivity contribution in [3.05, 3.63) is 47.1 Å². The van der Waals surface area contributed by atoms with Gasteiger partial charge in [-0.05, 0) is 43.9 Å². The molecule has 26 heavy (non-hydrogen) atoms. The number of carbonyl (C=O) groups is 2. The smallest absolute Gasteiger partial charge is 0.334 e. The molecule has 6 heteroatoms. The highest BCUT2D eigenvalue weighted by Crippen LogP contribution is 2.36. The molecule has 0 aromatic heterocycles. The lowest BCUT2D eigenvalue weighted by Gasteiger charge is -2.28. The first-order valence-electron chi connectivity index (χ1n) is 8.74. The quantitative estimate of drug-likeness (QED) is 0.451. The molecule has 1 fully saturated rings. The van der Waals surface area contributed by atoms with Crippen LogP contribution in [0.1, 0.15) is 33.1 Å². The number of rotatable bonds is 4. The number of aliphatic hydroxyl groups is 2. The molecule has 2 aliphatic rings.